The van der Waals surface area contributed by atoms with Gasteiger partial charge in [0.15, 0.2) is 0 Å². The molecule has 4 saturated carbocycles. The molecule has 4 aliphatic rings. The minimum atomic E-state index is -4.40. The van der Waals surface area contributed by atoms with Gasteiger partial charge >= 0.3 is 0 Å². The highest BCUT2D eigenvalue weighted by Crippen LogP contribution is 2.68. The first-order valence-corrected chi connectivity index (χ1v) is 15.3. The summed E-state index contributed by atoms with van der Waals surface area (Å²) in [4.78, 5) is 12.3. The van der Waals surface area contributed by atoms with Crippen LogP contribution in [0.2, 0.25) is 0 Å². The first-order chi connectivity index (χ1) is 16.3. The van der Waals surface area contributed by atoms with E-state index in [0.29, 0.717) is 42.4 Å². The van der Waals surface area contributed by atoms with E-state index in [2.05, 4.69) is 26.1 Å². The maximum Gasteiger partial charge on any atom is 0.220 e. The van der Waals surface area contributed by atoms with E-state index in [1.54, 1.807) is 0 Å². The Labute approximate surface area is 211 Å². The number of hydrogen-bond donors (Lipinski definition) is 3. The van der Waals surface area contributed by atoms with Crippen molar-refractivity contribution in [2.24, 2.45) is 46.3 Å². The van der Waals surface area contributed by atoms with Crippen LogP contribution in [-0.2, 0) is 14.9 Å². The van der Waals surface area contributed by atoms with Crippen molar-refractivity contribution in [3.05, 3.63) is 0 Å². The Morgan fingerprint density at radius 2 is 1.77 bits per heavy atom. The molecule has 35 heavy (non-hydrogen) atoms. The average molecular weight is 513 g/mol. The van der Waals surface area contributed by atoms with E-state index in [1.807, 2.05) is 0 Å². The monoisotopic (exact) mass is 512 g/mol. The van der Waals surface area contributed by atoms with Gasteiger partial charge in [0, 0.05) is 13.0 Å². The van der Waals surface area contributed by atoms with Crippen LogP contribution in [0.5, 0.6) is 0 Å². The van der Waals surface area contributed by atoms with Crippen molar-refractivity contribution in [1.82, 2.24) is 5.32 Å². The SMILES string of the molecule is C[C@H](CCC(=O)NC[C@H](C)S(=O)(=O)[O-])[C@H]1CC[C@H]2[C@@H]3CC[C@@H]4C[C@H](O)CC[C@]4(C)[C@H]3C[C@H](O)[C@]12C. The van der Waals surface area contributed by atoms with E-state index >= 15 is 0 Å². The third-order valence-corrected chi connectivity index (χ3v) is 12.6. The van der Waals surface area contributed by atoms with Gasteiger partial charge in [-0.15, -0.1) is 0 Å². The molecule has 1 amide bonds. The van der Waals surface area contributed by atoms with Crippen LogP contribution in [0.15, 0.2) is 0 Å². The fraction of sp³-hybridized carbons (Fsp3) is 0.963. The topological polar surface area (TPSA) is 127 Å². The van der Waals surface area contributed by atoms with Crippen LogP contribution in [0.4, 0.5) is 0 Å². The zero-order chi connectivity index (χ0) is 25.8. The standard InChI is InChI=1S/C27H47NO6S/c1-16(5-10-25(31)28-15-17(2)35(32,33)34)21-8-9-22-20-7-6-18-13-19(29)11-12-26(18,3)23(20)14-24(30)27(21,22)4/h16-24,29-30H,5-15H2,1-4H3,(H,28,31)(H,32,33,34)/p-1/t16-,17+,18-,19-,20+,21-,22+,23+,24+,26+,27-/m1/s1. The number of carbonyl (C=O) groups is 1. The van der Waals surface area contributed by atoms with Crippen LogP contribution in [0.1, 0.15) is 91.9 Å². The minimum absolute atomic E-state index is 0.139. The lowest BCUT2D eigenvalue weighted by Gasteiger charge is -2.62. The number of nitrogens with one attached hydrogen (secondary N) is 1. The van der Waals surface area contributed by atoms with Gasteiger partial charge in [0.25, 0.3) is 0 Å². The summed E-state index contributed by atoms with van der Waals surface area (Å²) in [5.41, 5.74) is 0.0839. The van der Waals surface area contributed by atoms with Crippen molar-refractivity contribution < 1.29 is 28.0 Å². The molecule has 0 aromatic carbocycles. The molecule has 0 spiro atoms. The van der Waals surface area contributed by atoms with Crippen LogP contribution in [0.25, 0.3) is 0 Å². The van der Waals surface area contributed by atoms with E-state index in [4.69, 9.17) is 0 Å². The lowest BCUT2D eigenvalue weighted by Crippen LogP contribution is -2.58. The molecular weight excluding hydrogens is 466 g/mol. The van der Waals surface area contributed by atoms with Crippen molar-refractivity contribution in [2.75, 3.05) is 6.54 Å². The van der Waals surface area contributed by atoms with Crippen molar-refractivity contribution in [3.63, 3.8) is 0 Å². The number of aliphatic hydroxyl groups is 2. The molecular formula is C27H46NO6S-. The third kappa shape index (κ3) is 4.94. The first-order valence-electron chi connectivity index (χ1n) is 13.9. The second kappa shape index (κ2) is 9.88. The average Bonchev–Trinajstić information content (AvgIpc) is 3.15. The van der Waals surface area contributed by atoms with Gasteiger partial charge in [-0.25, -0.2) is 8.42 Å². The largest absolute Gasteiger partial charge is 0.748 e. The lowest BCUT2D eigenvalue weighted by atomic mass is 9.43. The van der Waals surface area contributed by atoms with Gasteiger partial charge in [0.2, 0.25) is 5.91 Å². The molecule has 0 aromatic heterocycles. The summed E-state index contributed by atoms with van der Waals surface area (Å²) in [7, 11) is -4.40. The molecule has 8 heteroatoms. The van der Waals surface area contributed by atoms with Gasteiger partial charge in [-0.05, 0) is 111 Å². The van der Waals surface area contributed by atoms with Gasteiger partial charge in [-0.1, -0.05) is 20.8 Å². The number of amides is 1. The highest BCUT2D eigenvalue weighted by molar-refractivity contribution is 7.86. The maximum absolute atomic E-state index is 12.3. The Kier molecular flexibility index (Phi) is 7.72. The van der Waals surface area contributed by atoms with Crippen molar-refractivity contribution >= 4 is 16.0 Å². The molecule has 0 radical (unpaired) electrons. The molecule has 4 aliphatic carbocycles. The van der Waals surface area contributed by atoms with Gasteiger partial charge in [0.1, 0.15) is 0 Å². The Balaban J connectivity index is 1.39. The predicted molar refractivity (Wildman–Crippen MR) is 133 cm³/mol. The molecule has 0 heterocycles. The molecule has 4 rings (SSSR count). The van der Waals surface area contributed by atoms with Crippen LogP contribution >= 0.6 is 0 Å². The number of fused-ring (bicyclic) bond motifs is 5. The van der Waals surface area contributed by atoms with Crippen molar-refractivity contribution in [1.29, 1.82) is 0 Å². The van der Waals surface area contributed by atoms with Crippen molar-refractivity contribution in [2.45, 2.75) is 109 Å². The molecule has 0 aromatic rings. The first kappa shape index (κ1) is 27.3. The molecule has 0 aliphatic heterocycles. The highest BCUT2D eigenvalue weighted by Gasteiger charge is 2.63. The highest BCUT2D eigenvalue weighted by atomic mass is 32.2. The van der Waals surface area contributed by atoms with Gasteiger partial charge in [-0.3, -0.25) is 4.79 Å². The Morgan fingerprint density at radius 1 is 1.06 bits per heavy atom. The number of carbonyl (C=O) groups excluding carboxylic acids is 1. The molecule has 4 fully saturated rings. The summed E-state index contributed by atoms with van der Waals surface area (Å²) in [6.07, 6.45) is 8.81. The smallest absolute Gasteiger partial charge is 0.220 e. The molecule has 0 bridgehead atoms. The van der Waals surface area contributed by atoms with Crippen LogP contribution in [0.3, 0.4) is 0 Å². The zero-order valence-corrected chi connectivity index (χ0v) is 22.7. The fourth-order valence-corrected chi connectivity index (χ4v) is 9.46. The number of aliphatic hydroxyl groups excluding tert-OH is 2. The fourth-order valence-electron chi connectivity index (χ4n) is 9.17. The van der Waals surface area contributed by atoms with Gasteiger partial charge in [0.05, 0.1) is 27.6 Å². The summed E-state index contributed by atoms with van der Waals surface area (Å²) in [6, 6.07) is 0. The second-order valence-electron chi connectivity index (χ2n) is 13.0. The quantitative estimate of drug-likeness (QED) is 0.449. The third-order valence-electron chi connectivity index (χ3n) is 11.4. The molecule has 0 saturated heterocycles. The molecule has 0 unspecified atom stereocenters. The summed E-state index contributed by atoms with van der Waals surface area (Å²) in [6.45, 7) is 8.08. The van der Waals surface area contributed by atoms with E-state index < -0.39 is 15.4 Å². The lowest BCUT2D eigenvalue weighted by molar-refractivity contribution is -0.174. The van der Waals surface area contributed by atoms with E-state index in [0.717, 1.165) is 38.5 Å². The van der Waals surface area contributed by atoms with E-state index in [9.17, 15) is 28.0 Å². The number of hydrogen-bond acceptors (Lipinski definition) is 6. The Hall–Kier alpha value is -0.700. The molecule has 202 valence electrons. The van der Waals surface area contributed by atoms with Crippen molar-refractivity contribution in [3.8, 4) is 0 Å². The number of rotatable bonds is 7. The minimum Gasteiger partial charge on any atom is -0.748 e. The van der Waals surface area contributed by atoms with E-state index in [-0.39, 0.29) is 41.4 Å². The predicted octanol–water partition coefficient (Wildman–Crippen LogP) is 3.44. The molecule has 3 N–H and O–H groups in total. The summed E-state index contributed by atoms with van der Waals surface area (Å²) >= 11 is 0. The Morgan fingerprint density at radius 3 is 2.46 bits per heavy atom. The maximum atomic E-state index is 12.3. The zero-order valence-electron chi connectivity index (χ0n) is 21.9. The second-order valence-corrected chi connectivity index (χ2v) is 14.8. The van der Waals surface area contributed by atoms with Gasteiger partial charge < -0.3 is 20.1 Å². The summed E-state index contributed by atoms with van der Waals surface area (Å²) in [5.74, 6) is 2.65. The summed E-state index contributed by atoms with van der Waals surface area (Å²) < 4.78 is 33.2. The van der Waals surface area contributed by atoms with Crippen LogP contribution < -0.4 is 5.32 Å². The molecule has 11 atom stereocenters. The summed E-state index contributed by atoms with van der Waals surface area (Å²) in [5, 5.41) is 23.4. The van der Waals surface area contributed by atoms with Gasteiger partial charge in [-0.2, -0.15) is 0 Å². The Bertz CT molecular complexity index is 894. The van der Waals surface area contributed by atoms with Crippen LogP contribution in [-0.4, -0.2) is 53.1 Å². The van der Waals surface area contributed by atoms with Crippen LogP contribution in [0, 0.1) is 46.3 Å². The van der Waals surface area contributed by atoms with E-state index in [1.165, 1.54) is 19.8 Å². The molecule has 7 nitrogen and oxygen atoms in total. The normalized spacial score (nSPS) is 45.1.